The van der Waals surface area contributed by atoms with Gasteiger partial charge in [0.2, 0.25) is 14.1 Å². The fourth-order valence-electron chi connectivity index (χ4n) is 6.71. The number of benzene rings is 1. The maximum Gasteiger partial charge on any atom is 0.208 e. The van der Waals surface area contributed by atoms with Crippen molar-refractivity contribution in [1.82, 2.24) is 9.97 Å². The van der Waals surface area contributed by atoms with E-state index in [1.54, 1.807) is 6.20 Å². The topological polar surface area (TPSA) is 84.3 Å². The van der Waals surface area contributed by atoms with E-state index in [-0.39, 0.29) is 30.5 Å². The highest BCUT2D eigenvalue weighted by Crippen LogP contribution is 2.46. The van der Waals surface area contributed by atoms with Crippen LogP contribution in [-0.2, 0) is 17.3 Å². The Hall–Kier alpha value is -2.39. The molecule has 2 heterocycles. The summed E-state index contributed by atoms with van der Waals surface area (Å²) in [4.78, 5) is 22.9. The number of anilines is 1. The standard InChI is InChI=1S/C32H45N3O3SSi/c1-21(2)40(22(3)4,23(5)6)38-29-16-27(15-26(29)18-36)35-32-28(17-33-20-34-32)31(37)30-14-25(19-39-30)13-12-24-10-8-7-9-11-24/h7-11,14,17,19-23,26-27,29,36H,12-13,15-16,18H2,1-6H3,(H,33,34,35)/t26-,27-,29+/m1/s1. The number of nitrogens with zero attached hydrogens (tertiary/aromatic N) is 2. The van der Waals surface area contributed by atoms with Crippen LogP contribution < -0.4 is 5.32 Å². The van der Waals surface area contributed by atoms with E-state index in [0.29, 0.717) is 32.9 Å². The predicted molar refractivity (Wildman–Crippen MR) is 167 cm³/mol. The third kappa shape index (κ3) is 6.73. The highest BCUT2D eigenvalue weighted by Gasteiger charge is 2.49. The summed E-state index contributed by atoms with van der Waals surface area (Å²) in [6, 6.07) is 12.5. The monoisotopic (exact) mass is 579 g/mol. The Balaban J connectivity index is 1.46. The molecule has 1 fully saturated rings. The van der Waals surface area contributed by atoms with Gasteiger partial charge in [0.25, 0.3) is 0 Å². The first-order valence-corrected chi connectivity index (χ1v) is 17.7. The molecule has 6 nitrogen and oxygen atoms in total. The van der Waals surface area contributed by atoms with E-state index in [0.717, 1.165) is 25.7 Å². The second-order valence-electron chi connectivity index (χ2n) is 12.1. The number of carbonyl (C=O) groups is 1. The molecule has 8 heteroatoms. The van der Waals surface area contributed by atoms with Gasteiger partial charge in [-0.15, -0.1) is 11.3 Å². The Labute approximate surface area is 244 Å². The molecule has 3 aromatic rings. The first-order chi connectivity index (χ1) is 19.1. The average molecular weight is 580 g/mol. The van der Waals surface area contributed by atoms with Gasteiger partial charge in [-0.05, 0) is 64.9 Å². The number of hydrogen-bond acceptors (Lipinski definition) is 7. The summed E-state index contributed by atoms with van der Waals surface area (Å²) < 4.78 is 7.10. The summed E-state index contributed by atoms with van der Waals surface area (Å²) in [5.41, 5.74) is 4.38. The molecule has 1 aliphatic rings. The Morgan fingerprint density at radius 3 is 2.38 bits per heavy atom. The van der Waals surface area contributed by atoms with E-state index < -0.39 is 8.32 Å². The van der Waals surface area contributed by atoms with Crippen LogP contribution in [0, 0.1) is 5.92 Å². The zero-order chi connectivity index (χ0) is 28.9. The molecular weight excluding hydrogens is 535 g/mol. The van der Waals surface area contributed by atoms with Crippen molar-refractivity contribution in [2.24, 2.45) is 5.92 Å². The maximum atomic E-state index is 13.6. The van der Waals surface area contributed by atoms with E-state index >= 15 is 0 Å². The second-order valence-corrected chi connectivity index (χ2v) is 18.5. The SMILES string of the molecule is CC(C)[Si](O[C@H]1C[C@H](Nc2ncncc2C(=O)c2cc(CCc3ccccc3)cs2)C[C@@H]1CO)(C(C)C)C(C)C. The van der Waals surface area contributed by atoms with E-state index in [1.807, 2.05) is 12.1 Å². The molecule has 2 N–H and O–H groups in total. The van der Waals surface area contributed by atoms with Crippen molar-refractivity contribution in [3.63, 3.8) is 0 Å². The quantitative estimate of drug-likeness (QED) is 0.163. The third-order valence-electron chi connectivity index (χ3n) is 8.65. The highest BCUT2D eigenvalue weighted by atomic mass is 32.1. The summed E-state index contributed by atoms with van der Waals surface area (Å²) >= 11 is 1.48. The number of aryl methyl sites for hydroxylation is 2. The summed E-state index contributed by atoms with van der Waals surface area (Å²) in [5, 5.41) is 15.9. The molecule has 1 saturated carbocycles. The summed E-state index contributed by atoms with van der Waals surface area (Å²) in [6.07, 6.45) is 6.49. The lowest BCUT2D eigenvalue weighted by molar-refractivity contribution is 0.0941. The Kier molecular flexibility index (Phi) is 10.3. The third-order valence-corrected chi connectivity index (χ3v) is 15.8. The minimum Gasteiger partial charge on any atom is -0.413 e. The van der Waals surface area contributed by atoms with Gasteiger partial charge in [0, 0.05) is 24.8 Å². The molecular formula is C32H45N3O3SSi. The molecule has 1 aliphatic carbocycles. The lowest BCUT2D eigenvalue weighted by Crippen LogP contribution is -2.51. The van der Waals surface area contributed by atoms with Gasteiger partial charge in [0.15, 0.2) is 0 Å². The predicted octanol–water partition coefficient (Wildman–Crippen LogP) is 7.30. The van der Waals surface area contributed by atoms with Crippen LogP contribution in [0.5, 0.6) is 0 Å². The van der Waals surface area contributed by atoms with Crippen LogP contribution in [0.2, 0.25) is 16.6 Å². The number of aliphatic hydroxyl groups is 1. The first kappa shape index (κ1) is 30.6. The maximum absolute atomic E-state index is 13.6. The molecule has 0 bridgehead atoms. The fraction of sp³-hybridized carbons (Fsp3) is 0.531. The van der Waals surface area contributed by atoms with E-state index in [1.165, 1.54) is 28.8 Å². The minimum absolute atomic E-state index is 0.00757. The van der Waals surface area contributed by atoms with E-state index in [9.17, 15) is 9.90 Å². The fourth-order valence-corrected chi connectivity index (χ4v) is 13.2. The van der Waals surface area contributed by atoms with Crippen molar-refractivity contribution < 1.29 is 14.3 Å². The number of aromatic nitrogens is 2. The van der Waals surface area contributed by atoms with E-state index in [2.05, 4.69) is 86.5 Å². The van der Waals surface area contributed by atoms with Crippen molar-refractivity contribution in [1.29, 1.82) is 0 Å². The average Bonchev–Trinajstić information content (AvgIpc) is 3.57. The van der Waals surface area contributed by atoms with Gasteiger partial charge in [-0.3, -0.25) is 4.79 Å². The smallest absolute Gasteiger partial charge is 0.208 e. The summed E-state index contributed by atoms with van der Waals surface area (Å²) in [7, 11) is -2.09. The lowest BCUT2D eigenvalue weighted by atomic mass is 10.1. The van der Waals surface area contributed by atoms with Crippen LogP contribution in [0.25, 0.3) is 0 Å². The number of hydrogen-bond donors (Lipinski definition) is 2. The Bertz CT molecular complexity index is 1230. The number of carbonyl (C=O) groups excluding carboxylic acids is 1. The van der Waals surface area contributed by atoms with Gasteiger partial charge in [-0.1, -0.05) is 71.9 Å². The van der Waals surface area contributed by atoms with Gasteiger partial charge in [0.1, 0.15) is 12.1 Å². The first-order valence-electron chi connectivity index (χ1n) is 14.7. The van der Waals surface area contributed by atoms with Crippen LogP contribution in [0.4, 0.5) is 5.82 Å². The number of nitrogens with one attached hydrogen (secondary N) is 1. The van der Waals surface area contributed by atoms with Gasteiger partial charge in [-0.2, -0.15) is 0 Å². The van der Waals surface area contributed by atoms with Crippen molar-refractivity contribution in [2.45, 2.75) is 96.0 Å². The van der Waals surface area contributed by atoms with Crippen molar-refractivity contribution >= 4 is 31.3 Å². The molecule has 4 rings (SSSR count). The normalized spacial score (nSPS) is 19.6. The zero-order valence-corrected chi connectivity index (χ0v) is 26.6. The van der Waals surface area contributed by atoms with Crippen molar-refractivity contribution in [3.05, 3.63) is 75.9 Å². The highest BCUT2D eigenvalue weighted by molar-refractivity contribution is 7.12. The van der Waals surface area contributed by atoms with Gasteiger partial charge < -0.3 is 14.8 Å². The molecule has 0 radical (unpaired) electrons. The Morgan fingerprint density at radius 1 is 1.05 bits per heavy atom. The number of thiophene rings is 1. The summed E-state index contributed by atoms with van der Waals surface area (Å²) in [6.45, 7) is 13.9. The number of aliphatic hydroxyl groups excluding tert-OH is 1. The molecule has 2 aromatic heterocycles. The van der Waals surface area contributed by atoms with E-state index in [4.69, 9.17) is 4.43 Å². The zero-order valence-electron chi connectivity index (χ0n) is 24.8. The van der Waals surface area contributed by atoms with Crippen LogP contribution in [0.15, 0.2) is 54.3 Å². The molecule has 0 unspecified atom stereocenters. The molecule has 0 amide bonds. The van der Waals surface area contributed by atoms with Crippen LogP contribution >= 0.6 is 11.3 Å². The van der Waals surface area contributed by atoms with Gasteiger partial charge >= 0.3 is 0 Å². The molecule has 0 aliphatic heterocycles. The van der Waals surface area contributed by atoms with Gasteiger partial charge in [-0.25, -0.2) is 9.97 Å². The van der Waals surface area contributed by atoms with Crippen molar-refractivity contribution in [2.75, 3.05) is 11.9 Å². The largest absolute Gasteiger partial charge is 0.413 e. The molecule has 0 saturated heterocycles. The van der Waals surface area contributed by atoms with Crippen LogP contribution in [0.3, 0.4) is 0 Å². The second kappa shape index (κ2) is 13.5. The molecule has 3 atom stereocenters. The summed E-state index contributed by atoms with van der Waals surface area (Å²) in [5.74, 6) is 0.558. The van der Waals surface area contributed by atoms with Crippen molar-refractivity contribution in [3.8, 4) is 0 Å². The number of ketones is 1. The lowest BCUT2D eigenvalue weighted by Gasteiger charge is -2.45. The van der Waals surface area contributed by atoms with Gasteiger partial charge in [0.05, 0.1) is 16.5 Å². The molecule has 40 heavy (non-hydrogen) atoms. The molecule has 0 spiro atoms. The molecule has 1 aromatic carbocycles. The minimum atomic E-state index is -2.09. The molecule has 216 valence electrons. The van der Waals surface area contributed by atoms with Crippen LogP contribution in [-0.4, -0.2) is 47.9 Å². The Morgan fingerprint density at radius 2 is 1.73 bits per heavy atom. The van der Waals surface area contributed by atoms with Crippen LogP contribution in [0.1, 0.15) is 80.7 Å². The number of rotatable bonds is 13.